The van der Waals surface area contributed by atoms with Crippen LogP contribution in [0.4, 0.5) is 0 Å². The molecule has 0 saturated heterocycles. The third-order valence-corrected chi connectivity index (χ3v) is 3.62. The zero-order valence-electron chi connectivity index (χ0n) is 12.2. The van der Waals surface area contributed by atoms with Gasteiger partial charge >= 0.3 is 0 Å². The van der Waals surface area contributed by atoms with Crippen molar-refractivity contribution in [2.75, 3.05) is 13.1 Å². The van der Waals surface area contributed by atoms with Gasteiger partial charge < -0.3 is 20.2 Å². The highest BCUT2D eigenvalue weighted by atomic mass is 32.1. The minimum absolute atomic E-state index is 0.330. The molecule has 0 aromatic carbocycles. The van der Waals surface area contributed by atoms with Crippen LogP contribution in [0.3, 0.4) is 0 Å². The molecule has 7 heteroatoms. The fraction of sp³-hybridized carbons (Fsp3) is 0.429. The molecule has 0 radical (unpaired) electrons. The Hall–Kier alpha value is -1.86. The summed E-state index contributed by atoms with van der Waals surface area (Å²) in [5, 5.41) is 17.2. The van der Waals surface area contributed by atoms with Crippen LogP contribution >= 0.6 is 11.3 Å². The number of nitrogens with one attached hydrogen (secondary N) is 2. The molecule has 21 heavy (non-hydrogen) atoms. The summed E-state index contributed by atoms with van der Waals surface area (Å²) < 4.78 is 5.16. The van der Waals surface area contributed by atoms with Crippen LogP contribution in [0.25, 0.3) is 0 Å². The van der Waals surface area contributed by atoms with Crippen molar-refractivity contribution in [2.45, 2.75) is 26.5 Å². The number of aromatic nitrogens is 1. The van der Waals surface area contributed by atoms with Crippen molar-refractivity contribution in [1.82, 2.24) is 15.6 Å². The summed E-state index contributed by atoms with van der Waals surface area (Å²) in [5.74, 6) is 1.19. The highest BCUT2D eigenvalue weighted by Gasteiger charge is 2.10. The molecule has 2 aromatic rings. The van der Waals surface area contributed by atoms with Gasteiger partial charge in [-0.1, -0.05) is 0 Å². The molecule has 0 amide bonds. The van der Waals surface area contributed by atoms with E-state index in [0.29, 0.717) is 24.8 Å². The van der Waals surface area contributed by atoms with Gasteiger partial charge in [0.25, 0.3) is 0 Å². The first-order valence-electron chi connectivity index (χ1n) is 6.84. The number of aliphatic hydroxyl groups is 1. The molecule has 1 unspecified atom stereocenters. The molecule has 0 aliphatic rings. The van der Waals surface area contributed by atoms with Gasteiger partial charge in [-0.3, -0.25) is 0 Å². The van der Waals surface area contributed by atoms with Gasteiger partial charge in [0.2, 0.25) is 0 Å². The Morgan fingerprint density at radius 2 is 2.38 bits per heavy atom. The van der Waals surface area contributed by atoms with Crippen molar-refractivity contribution in [3.8, 4) is 0 Å². The molecule has 0 saturated carbocycles. The fourth-order valence-electron chi connectivity index (χ4n) is 1.74. The molecular formula is C14H20N4O2S. The Bertz CT molecular complexity index is 565. The molecule has 6 nitrogen and oxygen atoms in total. The minimum Gasteiger partial charge on any atom is -0.467 e. The zero-order valence-corrected chi connectivity index (χ0v) is 13.0. The Kier molecular flexibility index (Phi) is 5.77. The lowest BCUT2D eigenvalue weighted by molar-refractivity contribution is 0.153. The second kappa shape index (κ2) is 7.80. The average molecular weight is 308 g/mol. The van der Waals surface area contributed by atoms with Gasteiger partial charge in [0.15, 0.2) is 5.96 Å². The molecular weight excluding hydrogens is 288 g/mol. The van der Waals surface area contributed by atoms with Crippen molar-refractivity contribution in [3.63, 3.8) is 0 Å². The smallest absolute Gasteiger partial charge is 0.191 e. The van der Waals surface area contributed by atoms with E-state index >= 15 is 0 Å². The topological polar surface area (TPSA) is 82.7 Å². The van der Waals surface area contributed by atoms with E-state index in [1.807, 2.05) is 20.0 Å². The first kappa shape index (κ1) is 15.5. The fourth-order valence-corrected chi connectivity index (χ4v) is 2.45. The molecule has 3 N–H and O–H groups in total. The summed E-state index contributed by atoms with van der Waals surface area (Å²) in [4.78, 5) is 9.90. The quantitative estimate of drug-likeness (QED) is 0.560. The monoisotopic (exact) mass is 308 g/mol. The second-order valence-corrected chi connectivity index (χ2v) is 5.79. The molecule has 2 rings (SSSR count). The lowest BCUT2D eigenvalue weighted by Gasteiger charge is -2.13. The Labute approximate surface area is 127 Å². The van der Waals surface area contributed by atoms with Crippen LogP contribution in [0.15, 0.2) is 34.0 Å². The molecule has 0 aliphatic carbocycles. The van der Waals surface area contributed by atoms with Crippen LogP contribution in [0.5, 0.6) is 0 Å². The van der Waals surface area contributed by atoms with Crippen molar-refractivity contribution < 1.29 is 9.52 Å². The van der Waals surface area contributed by atoms with Crippen molar-refractivity contribution in [2.24, 2.45) is 4.99 Å². The molecule has 2 aromatic heterocycles. The summed E-state index contributed by atoms with van der Waals surface area (Å²) >= 11 is 1.63. The molecule has 114 valence electrons. The van der Waals surface area contributed by atoms with Crippen LogP contribution in [-0.2, 0) is 6.54 Å². The minimum atomic E-state index is -0.703. The lowest BCUT2D eigenvalue weighted by atomic mass is 10.3. The normalized spacial score (nSPS) is 13.2. The number of thiazole rings is 1. The van der Waals surface area contributed by atoms with Crippen LogP contribution in [0.1, 0.15) is 28.7 Å². The number of aryl methyl sites for hydroxylation is 1. The Balaban J connectivity index is 1.89. The maximum absolute atomic E-state index is 9.97. The summed E-state index contributed by atoms with van der Waals surface area (Å²) in [7, 11) is 0. The Morgan fingerprint density at radius 1 is 1.52 bits per heavy atom. The van der Waals surface area contributed by atoms with Crippen LogP contribution in [0, 0.1) is 6.92 Å². The van der Waals surface area contributed by atoms with Gasteiger partial charge in [-0.15, -0.1) is 11.3 Å². The molecule has 0 spiro atoms. The van der Waals surface area contributed by atoms with Crippen molar-refractivity contribution in [1.29, 1.82) is 0 Å². The maximum atomic E-state index is 9.97. The first-order valence-corrected chi connectivity index (χ1v) is 7.65. The van der Waals surface area contributed by atoms with E-state index < -0.39 is 6.10 Å². The first-order chi connectivity index (χ1) is 10.2. The molecule has 0 fully saturated rings. The summed E-state index contributed by atoms with van der Waals surface area (Å²) in [5.41, 5.74) is 0. The van der Waals surface area contributed by atoms with E-state index in [9.17, 15) is 5.11 Å². The summed E-state index contributed by atoms with van der Waals surface area (Å²) in [6.45, 7) is 5.61. The SMILES string of the molecule is CCNC(=NCc1ncc(C)s1)NCC(O)c1ccco1. The van der Waals surface area contributed by atoms with Crippen molar-refractivity contribution in [3.05, 3.63) is 40.2 Å². The largest absolute Gasteiger partial charge is 0.467 e. The average Bonchev–Trinajstić information content (AvgIpc) is 3.13. The third kappa shape index (κ3) is 4.87. The van der Waals surface area contributed by atoms with Gasteiger partial charge in [0, 0.05) is 17.6 Å². The van der Waals surface area contributed by atoms with Crippen molar-refractivity contribution >= 4 is 17.3 Å². The predicted octanol–water partition coefficient (Wildman–Crippen LogP) is 1.83. The Morgan fingerprint density at radius 3 is 3.00 bits per heavy atom. The molecule has 0 bridgehead atoms. The highest BCUT2D eigenvalue weighted by Crippen LogP contribution is 2.12. The van der Waals surface area contributed by atoms with Crippen LogP contribution < -0.4 is 10.6 Å². The van der Waals surface area contributed by atoms with Gasteiger partial charge in [0.1, 0.15) is 16.9 Å². The van der Waals surface area contributed by atoms with Gasteiger partial charge in [-0.05, 0) is 26.0 Å². The van der Waals surface area contributed by atoms with E-state index in [-0.39, 0.29) is 0 Å². The predicted molar refractivity (Wildman–Crippen MR) is 83.3 cm³/mol. The number of hydrogen-bond donors (Lipinski definition) is 3. The van der Waals surface area contributed by atoms with E-state index in [4.69, 9.17) is 4.42 Å². The molecule has 0 aliphatic heterocycles. The van der Waals surface area contributed by atoms with Gasteiger partial charge in [-0.25, -0.2) is 9.98 Å². The summed E-state index contributed by atoms with van der Waals surface area (Å²) in [6.07, 6.45) is 2.69. The summed E-state index contributed by atoms with van der Waals surface area (Å²) in [6, 6.07) is 3.50. The van der Waals surface area contributed by atoms with Gasteiger partial charge in [-0.2, -0.15) is 0 Å². The standard InChI is InChI=1S/C14H20N4O2S/c1-3-15-14(18-9-13-16-7-10(2)21-13)17-8-11(19)12-5-4-6-20-12/h4-7,11,19H,3,8-9H2,1-2H3,(H2,15,17,18). The number of rotatable bonds is 6. The third-order valence-electron chi connectivity index (χ3n) is 2.72. The number of aliphatic imine (C=N–C) groups is 1. The van der Waals surface area contributed by atoms with Crippen LogP contribution in [0.2, 0.25) is 0 Å². The zero-order chi connectivity index (χ0) is 15.1. The van der Waals surface area contributed by atoms with E-state index in [2.05, 4.69) is 20.6 Å². The number of furan rings is 1. The maximum Gasteiger partial charge on any atom is 0.191 e. The number of guanidine groups is 1. The van der Waals surface area contributed by atoms with Gasteiger partial charge in [0.05, 0.1) is 19.4 Å². The molecule has 2 heterocycles. The van der Waals surface area contributed by atoms with E-state index in [1.54, 1.807) is 29.7 Å². The number of hydrogen-bond acceptors (Lipinski definition) is 5. The van der Waals surface area contributed by atoms with Crippen LogP contribution in [-0.4, -0.2) is 29.1 Å². The molecule has 1 atom stereocenters. The number of nitrogens with zero attached hydrogens (tertiary/aromatic N) is 2. The van der Waals surface area contributed by atoms with E-state index in [0.717, 1.165) is 11.6 Å². The number of aliphatic hydroxyl groups excluding tert-OH is 1. The highest BCUT2D eigenvalue weighted by molar-refractivity contribution is 7.11. The second-order valence-electron chi connectivity index (χ2n) is 4.47. The van der Waals surface area contributed by atoms with E-state index in [1.165, 1.54) is 4.88 Å². The lowest BCUT2D eigenvalue weighted by Crippen LogP contribution is -2.39.